The Hall–Kier alpha value is -0.780. The van der Waals surface area contributed by atoms with Crippen molar-refractivity contribution in [3.05, 3.63) is 58.4 Å². The first-order valence-electron chi connectivity index (χ1n) is 9.15. The van der Waals surface area contributed by atoms with Gasteiger partial charge in [-0.25, -0.2) is 8.78 Å². The van der Waals surface area contributed by atoms with Crippen molar-refractivity contribution in [1.82, 2.24) is 4.57 Å². The second-order valence-corrected chi connectivity index (χ2v) is 7.66. The van der Waals surface area contributed by atoms with E-state index in [-0.39, 0.29) is 93.9 Å². The monoisotopic (exact) mass is 499 g/mol. The SMILES string of the molecule is CCCOc1ccc(F)c2c(=O)c(-c3ccc(OC)cc3F)cn(COP(=O)([O-])[O-])c12.[Na+].[Na+]. The summed E-state index contributed by atoms with van der Waals surface area (Å²) in [7, 11) is -4.06. The molecular weight excluding hydrogens is 481 g/mol. The van der Waals surface area contributed by atoms with Gasteiger partial charge in [-0.05, 0) is 30.7 Å². The molecule has 3 rings (SSSR count). The molecule has 0 fully saturated rings. The molecule has 0 saturated carbocycles. The molecule has 0 atom stereocenters. The molecular formula is C20H18F2NNa2O7P. The summed E-state index contributed by atoms with van der Waals surface area (Å²) in [4.78, 5) is 35.1. The quantitative estimate of drug-likeness (QED) is 0.234. The molecule has 166 valence electrons. The van der Waals surface area contributed by atoms with Crippen molar-refractivity contribution in [2.24, 2.45) is 0 Å². The molecule has 2 aromatic carbocycles. The summed E-state index contributed by atoms with van der Waals surface area (Å²) in [5, 5.41) is -0.462. The summed E-state index contributed by atoms with van der Waals surface area (Å²) in [6, 6.07) is 6.00. The van der Waals surface area contributed by atoms with Crippen LogP contribution in [0.2, 0.25) is 0 Å². The number of phosphoric ester groups is 1. The Labute approximate surface area is 232 Å². The van der Waals surface area contributed by atoms with E-state index in [0.29, 0.717) is 6.42 Å². The summed E-state index contributed by atoms with van der Waals surface area (Å²) in [6.45, 7) is 1.20. The number of halogens is 2. The van der Waals surface area contributed by atoms with Gasteiger partial charge in [-0.2, -0.15) is 0 Å². The van der Waals surface area contributed by atoms with E-state index < -0.39 is 37.0 Å². The second kappa shape index (κ2) is 12.8. The first-order valence-corrected chi connectivity index (χ1v) is 10.6. The Kier molecular flexibility index (Phi) is 11.7. The van der Waals surface area contributed by atoms with Gasteiger partial charge in [-0.15, -0.1) is 0 Å². The number of benzene rings is 2. The van der Waals surface area contributed by atoms with Crippen molar-refractivity contribution in [1.29, 1.82) is 0 Å². The standard InChI is InChI=1S/C20H20F2NO7P.2Na/c1-3-8-29-17-7-6-15(21)18-19(17)23(11-30-31(25,26)27)10-14(20(18)24)13-5-4-12(28-2)9-16(13)22;;/h4-7,9-10H,3,8,11H2,1-2H3,(H2,25,26,27);;/q;2*+1/p-2. The Morgan fingerprint density at radius 2 is 1.76 bits per heavy atom. The Bertz CT molecular complexity index is 1230. The first-order chi connectivity index (χ1) is 14.7. The third-order valence-corrected chi connectivity index (χ3v) is 4.85. The van der Waals surface area contributed by atoms with Gasteiger partial charge < -0.3 is 32.9 Å². The maximum absolute atomic E-state index is 14.7. The van der Waals surface area contributed by atoms with Crippen LogP contribution in [0.1, 0.15) is 13.3 Å². The van der Waals surface area contributed by atoms with Crippen molar-refractivity contribution in [3.8, 4) is 22.6 Å². The number of pyridine rings is 1. The van der Waals surface area contributed by atoms with Crippen molar-refractivity contribution >= 4 is 18.7 Å². The zero-order chi connectivity index (χ0) is 22.8. The van der Waals surface area contributed by atoms with Gasteiger partial charge in [0.2, 0.25) is 0 Å². The Balaban J connectivity index is 0.00000272. The molecule has 0 radical (unpaired) electrons. The molecule has 0 bridgehead atoms. The molecule has 0 amide bonds. The van der Waals surface area contributed by atoms with Crippen LogP contribution in [0.5, 0.6) is 11.5 Å². The summed E-state index contributed by atoms with van der Waals surface area (Å²) >= 11 is 0. The fourth-order valence-corrected chi connectivity index (χ4v) is 3.32. The molecule has 0 aliphatic heterocycles. The van der Waals surface area contributed by atoms with Crippen LogP contribution in [0.15, 0.2) is 41.3 Å². The van der Waals surface area contributed by atoms with E-state index in [1.165, 1.54) is 25.3 Å². The molecule has 0 saturated heterocycles. The molecule has 3 aromatic rings. The maximum atomic E-state index is 14.7. The molecule has 0 spiro atoms. The van der Waals surface area contributed by atoms with Crippen LogP contribution in [0.4, 0.5) is 8.78 Å². The number of ether oxygens (including phenoxy) is 2. The zero-order valence-corrected chi connectivity index (χ0v) is 23.5. The fraction of sp³-hybridized carbons (Fsp3) is 0.250. The van der Waals surface area contributed by atoms with Crippen LogP contribution in [0.3, 0.4) is 0 Å². The minimum Gasteiger partial charge on any atom is -0.790 e. The van der Waals surface area contributed by atoms with Crippen molar-refractivity contribution in [2.45, 2.75) is 20.1 Å². The molecule has 1 aromatic heterocycles. The largest absolute Gasteiger partial charge is 1.00 e. The van der Waals surface area contributed by atoms with E-state index in [9.17, 15) is 27.9 Å². The number of hydrogen-bond acceptors (Lipinski definition) is 7. The number of fused-ring (bicyclic) bond motifs is 1. The van der Waals surface area contributed by atoms with Crippen LogP contribution >= 0.6 is 7.82 Å². The van der Waals surface area contributed by atoms with Crippen molar-refractivity contribution in [3.63, 3.8) is 0 Å². The first kappa shape index (κ1) is 30.3. The molecule has 0 N–H and O–H groups in total. The number of methoxy groups -OCH3 is 1. The third-order valence-electron chi connectivity index (χ3n) is 4.42. The van der Waals surface area contributed by atoms with Crippen LogP contribution in [0, 0.1) is 11.6 Å². The van der Waals surface area contributed by atoms with E-state index in [4.69, 9.17) is 9.47 Å². The molecule has 0 aliphatic rings. The topological polar surface area (TPSA) is 113 Å². The molecule has 1 heterocycles. The fourth-order valence-electron chi connectivity index (χ4n) is 3.06. The molecule has 13 heteroatoms. The van der Waals surface area contributed by atoms with E-state index in [2.05, 4.69) is 4.52 Å². The van der Waals surface area contributed by atoms with Crippen LogP contribution < -0.4 is 83.8 Å². The minimum absolute atomic E-state index is 0. The molecule has 33 heavy (non-hydrogen) atoms. The smallest absolute Gasteiger partial charge is 0.790 e. The van der Waals surface area contributed by atoms with Gasteiger partial charge in [-0.3, -0.25) is 4.79 Å². The van der Waals surface area contributed by atoms with Crippen LogP contribution in [0.25, 0.3) is 22.0 Å². The van der Waals surface area contributed by atoms with E-state index in [1.54, 1.807) is 0 Å². The van der Waals surface area contributed by atoms with Gasteiger partial charge in [0, 0.05) is 23.4 Å². The maximum Gasteiger partial charge on any atom is 1.00 e. The third kappa shape index (κ3) is 7.11. The number of rotatable bonds is 8. The van der Waals surface area contributed by atoms with Crippen LogP contribution in [-0.4, -0.2) is 18.3 Å². The van der Waals surface area contributed by atoms with Gasteiger partial charge >= 0.3 is 59.1 Å². The van der Waals surface area contributed by atoms with Gasteiger partial charge in [0.05, 0.1) is 32.4 Å². The summed E-state index contributed by atoms with van der Waals surface area (Å²) in [5.74, 6) is -1.47. The van der Waals surface area contributed by atoms with Gasteiger partial charge in [0.1, 0.15) is 29.9 Å². The average Bonchev–Trinajstić information content (AvgIpc) is 2.72. The number of hydrogen-bond donors (Lipinski definition) is 0. The van der Waals surface area contributed by atoms with Crippen molar-refractivity contribution in [2.75, 3.05) is 13.7 Å². The Morgan fingerprint density at radius 1 is 1.06 bits per heavy atom. The number of aromatic nitrogens is 1. The van der Waals surface area contributed by atoms with Gasteiger partial charge in [0.25, 0.3) is 0 Å². The minimum atomic E-state index is -5.40. The normalized spacial score (nSPS) is 11.0. The predicted octanol–water partition coefficient (Wildman–Crippen LogP) is -3.45. The van der Waals surface area contributed by atoms with Crippen molar-refractivity contribution < 1.29 is 96.2 Å². The molecule has 0 unspecified atom stereocenters. The van der Waals surface area contributed by atoms with E-state index in [0.717, 1.165) is 22.9 Å². The summed E-state index contributed by atoms with van der Waals surface area (Å²) in [5.41, 5.74) is -1.41. The van der Waals surface area contributed by atoms with E-state index in [1.807, 2.05) is 6.92 Å². The Morgan fingerprint density at radius 3 is 2.33 bits per heavy atom. The van der Waals surface area contributed by atoms with Gasteiger partial charge in [0.15, 0.2) is 5.43 Å². The predicted molar refractivity (Wildman–Crippen MR) is 105 cm³/mol. The van der Waals surface area contributed by atoms with Crippen LogP contribution in [-0.2, 0) is 15.8 Å². The molecule has 8 nitrogen and oxygen atoms in total. The number of phosphoric acid groups is 1. The van der Waals surface area contributed by atoms with E-state index >= 15 is 0 Å². The average molecular weight is 499 g/mol. The summed E-state index contributed by atoms with van der Waals surface area (Å²) < 4.78 is 56.2. The number of nitrogens with zero attached hydrogens (tertiary/aromatic N) is 1. The summed E-state index contributed by atoms with van der Waals surface area (Å²) in [6.07, 6.45) is 1.69. The van der Waals surface area contributed by atoms with Gasteiger partial charge in [-0.1, -0.05) is 6.92 Å². The molecule has 0 aliphatic carbocycles. The second-order valence-electron chi connectivity index (χ2n) is 6.51. The zero-order valence-electron chi connectivity index (χ0n) is 18.6.